The number of carbonyl (C=O) groups excluding carboxylic acids is 4. The average molecular weight is 807 g/mol. The fourth-order valence-electron chi connectivity index (χ4n) is 8.14. The Bertz CT molecular complexity index is 2580. The van der Waals surface area contributed by atoms with Gasteiger partial charge in [-0.1, -0.05) is 18.2 Å². The number of imide groups is 1. The van der Waals surface area contributed by atoms with Crippen LogP contribution in [0.25, 0.3) is 22.3 Å². The maximum atomic E-state index is 13.0. The van der Waals surface area contributed by atoms with Crippen LogP contribution in [0.3, 0.4) is 0 Å². The number of nitrogens with one attached hydrogen (secondary N) is 2. The molecule has 1 aliphatic carbocycles. The molecule has 1 aromatic carbocycles. The third-order valence-corrected chi connectivity index (χ3v) is 13.3. The van der Waals surface area contributed by atoms with Crippen LogP contribution in [0, 0.1) is 0 Å². The number of rotatable bonds is 12. The van der Waals surface area contributed by atoms with Crippen LogP contribution in [0.5, 0.6) is 0 Å². The molecule has 3 fully saturated rings. The van der Waals surface area contributed by atoms with E-state index in [1.807, 2.05) is 35.1 Å². The molecule has 2 atom stereocenters. The van der Waals surface area contributed by atoms with Crippen LogP contribution in [0.1, 0.15) is 68.3 Å². The van der Waals surface area contributed by atoms with E-state index in [-0.39, 0.29) is 23.6 Å². The van der Waals surface area contributed by atoms with Gasteiger partial charge < -0.3 is 10.2 Å². The Morgan fingerprint density at radius 3 is 2.57 bits per heavy atom. The number of pyridine rings is 1. The van der Waals surface area contributed by atoms with Gasteiger partial charge >= 0.3 is 0 Å². The van der Waals surface area contributed by atoms with Gasteiger partial charge in [-0.2, -0.15) is 14.3 Å². The SMILES string of the molecule is CC(C)n1nc(N2CCN(Cc3ccc4c(c3)C(C(=O)C=O)N(C3CCC(=O)NC3=O)C4)CC2)c2cnc(Nc3ccnc(-c4cnn(S(=O)(=O)C5CC5)c4)n3)cc21. The molecule has 5 aromatic rings. The van der Waals surface area contributed by atoms with Gasteiger partial charge in [0.1, 0.15) is 17.7 Å². The van der Waals surface area contributed by atoms with Crippen molar-refractivity contribution in [2.24, 2.45) is 0 Å². The van der Waals surface area contributed by atoms with E-state index in [4.69, 9.17) is 10.1 Å². The Hall–Kier alpha value is -5.92. The van der Waals surface area contributed by atoms with Crippen LogP contribution in [0.2, 0.25) is 0 Å². The van der Waals surface area contributed by atoms with Crippen LogP contribution in [-0.2, 0) is 42.3 Å². The van der Waals surface area contributed by atoms with Crippen LogP contribution in [-0.4, -0.2) is 113 Å². The molecule has 18 nitrogen and oxygen atoms in total. The quantitative estimate of drug-likeness (QED) is 0.105. The number of hydrogen-bond acceptors (Lipinski definition) is 15. The van der Waals surface area contributed by atoms with Gasteiger partial charge in [-0.25, -0.2) is 23.4 Å². The third-order valence-electron chi connectivity index (χ3n) is 11.3. The predicted molar refractivity (Wildman–Crippen MR) is 211 cm³/mol. The van der Waals surface area contributed by atoms with Gasteiger partial charge in [-0.3, -0.25) is 39.0 Å². The number of hydrogen-bond donors (Lipinski definition) is 2. The van der Waals surface area contributed by atoms with Gasteiger partial charge in [-0.15, -0.1) is 0 Å². The Morgan fingerprint density at radius 2 is 1.83 bits per heavy atom. The van der Waals surface area contributed by atoms with Crippen LogP contribution < -0.4 is 15.5 Å². The lowest BCUT2D eigenvalue weighted by molar-refractivity contribution is -0.141. The van der Waals surface area contributed by atoms with Gasteiger partial charge in [0.15, 0.2) is 17.9 Å². The summed E-state index contributed by atoms with van der Waals surface area (Å²) in [4.78, 5) is 69.2. The Kier molecular flexibility index (Phi) is 9.60. The standard InChI is InChI=1S/C39H42N12O6S/c1-23(2)51-31-16-34(43-33-9-10-40-37(44-33)26-17-42-50(21-26)58(56,57)27-5-6-27)41-18-29(31)38(46-51)48-13-11-47(12-14-48)19-24-3-4-25-20-49(30-7-8-35(54)45-39(30)55)36(28(25)15-24)32(53)22-52/h3-4,9-10,15-18,21-23,27,30,36H,5-8,11-14,19-20H2,1-2H3,(H,45,54,55)(H,40,41,43,44). The van der Waals surface area contributed by atoms with E-state index in [1.54, 1.807) is 17.2 Å². The van der Waals surface area contributed by atoms with E-state index in [0.717, 1.165) is 63.7 Å². The molecule has 2 saturated heterocycles. The van der Waals surface area contributed by atoms with E-state index >= 15 is 0 Å². The summed E-state index contributed by atoms with van der Waals surface area (Å²) in [6.45, 7) is 8.14. The van der Waals surface area contributed by atoms with Gasteiger partial charge in [0.05, 0.1) is 40.2 Å². The minimum Gasteiger partial charge on any atom is -0.352 e. The van der Waals surface area contributed by atoms with E-state index in [2.05, 4.69) is 49.3 Å². The zero-order chi connectivity index (χ0) is 40.3. The molecule has 7 heterocycles. The van der Waals surface area contributed by atoms with Gasteiger partial charge in [-0.05, 0) is 55.9 Å². The summed E-state index contributed by atoms with van der Waals surface area (Å²) in [5.41, 5.74) is 4.04. The van der Waals surface area contributed by atoms with Crippen LogP contribution in [0.15, 0.2) is 55.1 Å². The number of nitrogens with zero attached hydrogens (tertiary/aromatic N) is 10. The first-order chi connectivity index (χ1) is 28.0. The van der Waals surface area contributed by atoms with E-state index in [0.29, 0.717) is 61.7 Å². The monoisotopic (exact) mass is 806 g/mol. The fourth-order valence-corrected chi connectivity index (χ4v) is 9.62. The molecule has 300 valence electrons. The Labute approximate surface area is 333 Å². The molecule has 2 unspecified atom stereocenters. The molecule has 19 heteroatoms. The van der Waals surface area contributed by atoms with Crippen molar-refractivity contribution in [3.05, 3.63) is 71.8 Å². The molecule has 2 amide bonds. The molecule has 0 radical (unpaired) electrons. The molecule has 2 N–H and O–H groups in total. The van der Waals surface area contributed by atoms with Crippen molar-refractivity contribution in [1.82, 2.24) is 49.0 Å². The number of Topliss-reactive ketones (excluding diaryl/α,β-unsaturated/α-hetero) is 1. The predicted octanol–water partition coefficient (Wildman–Crippen LogP) is 2.50. The van der Waals surface area contributed by atoms with Crippen molar-refractivity contribution in [1.29, 1.82) is 0 Å². The summed E-state index contributed by atoms with van der Waals surface area (Å²) in [6.07, 6.45) is 8.41. The molecule has 4 aliphatic rings. The number of benzene rings is 1. The molecule has 58 heavy (non-hydrogen) atoms. The maximum Gasteiger partial charge on any atom is 0.256 e. The highest BCUT2D eigenvalue weighted by atomic mass is 32.2. The zero-order valence-corrected chi connectivity index (χ0v) is 32.8. The Balaban J connectivity index is 0.878. The smallest absolute Gasteiger partial charge is 0.256 e. The second-order valence-corrected chi connectivity index (χ2v) is 17.6. The number of aromatic nitrogens is 7. The molecule has 0 bridgehead atoms. The van der Waals surface area contributed by atoms with Crippen molar-refractivity contribution >= 4 is 62.3 Å². The molecule has 0 spiro atoms. The lowest BCUT2D eigenvalue weighted by atomic mass is 9.97. The Morgan fingerprint density at radius 1 is 1.02 bits per heavy atom. The third kappa shape index (κ3) is 7.02. The number of ketones is 1. The number of carbonyl (C=O) groups is 4. The van der Waals surface area contributed by atoms with E-state index in [9.17, 15) is 27.6 Å². The summed E-state index contributed by atoms with van der Waals surface area (Å²) in [5, 5.41) is 15.3. The van der Waals surface area contributed by atoms with Gasteiger partial charge in [0.25, 0.3) is 10.0 Å². The molecular weight excluding hydrogens is 765 g/mol. The number of amides is 2. The number of fused-ring (bicyclic) bond motifs is 2. The van der Waals surface area contributed by atoms with Gasteiger partial charge in [0, 0.05) is 70.2 Å². The molecule has 3 aliphatic heterocycles. The summed E-state index contributed by atoms with van der Waals surface area (Å²) in [5.74, 6) is 0.868. The lowest BCUT2D eigenvalue weighted by Gasteiger charge is -2.35. The largest absolute Gasteiger partial charge is 0.352 e. The first-order valence-electron chi connectivity index (χ1n) is 19.4. The maximum absolute atomic E-state index is 13.0. The second-order valence-electron chi connectivity index (χ2n) is 15.5. The van der Waals surface area contributed by atoms with Crippen LogP contribution >= 0.6 is 0 Å². The van der Waals surface area contributed by atoms with Crippen molar-refractivity contribution in [3.63, 3.8) is 0 Å². The minimum atomic E-state index is -3.51. The van der Waals surface area contributed by atoms with Crippen molar-refractivity contribution in [2.75, 3.05) is 36.4 Å². The normalized spacial score (nSPS) is 20.4. The summed E-state index contributed by atoms with van der Waals surface area (Å²) >= 11 is 0. The lowest BCUT2D eigenvalue weighted by Crippen LogP contribution is -2.52. The zero-order valence-electron chi connectivity index (χ0n) is 32.0. The van der Waals surface area contributed by atoms with Crippen molar-refractivity contribution in [2.45, 2.75) is 76.0 Å². The molecule has 1 saturated carbocycles. The summed E-state index contributed by atoms with van der Waals surface area (Å²) < 4.78 is 28.3. The highest BCUT2D eigenvalue weighted by Gasteiger charge is 2.43. The number of anilines is 3. The topological polar surface area (TPSA) is 211 Å². The average Bonchev–Trinajstić information content (AvgIpc) is 3.67. The van der Waals surface area contributed by atoms with Crippen molar-refractivity contribution < 1.29 is 27.6 Å². The molecule has 4 aromatic heterocycles. The number of piperidine rings is 1. The van der Waals surface area contributed by atoms with E-state index in [1.165, 1.54) is 12.4 Å². The molecule has 9 rings (SSSR count). The molecular formula is C39H42N12O6S. The van der Waals surface area contributed by atoms with Gasteiger partial charge in [0.2, 0.25) is 17.6 Å². The fraction of sp³-hybridized carbons (Fsp3) is 0.410. The van der Waals surface area contributed by atoms with E-state index < -0.39 is 33.8 Å². The second kappa shape index (κ2) is 14.8. The first-order valence-corrected chi connectivity index (χ1v) is 20.9. The summed E-state index contributed by atoms with van der Waals surface area (Å²) in [7, 11) is -3.51. The van der Waals surface area contributed by atoms with Crippen molar-refractivity contribution in [3.8, 4) is 11.4 Å². The highest BCUT2D eigenvalue weighted by Crippen LogP contribution is 2.38. The number of aldehydes is 1. The minimum absolute atomic E-state index is 0.0718. The summed E-state index contributed by atoms with van der Waals surface area (Å²) in [6, 6.07) is 8.19. The first kappa shape index (κ1) is 37.6. The highest BCUT2D eigenvalue weighted by molar-refractivity contribution is 7.90. The van der Waals surface area contributed by atoms with Crippen LogP contribution in [0.4, 0.5) is 17.5 Å². The number of piperazine rings is 1.